The fourth-order valence-electron chi connectivity index (χ4n) is 3.29. The number of hydrogen-bond acceptors (Lipinski definition) is 6. The second-order valence-electron chi connectivity index (χ2n) is 5.98. The molecule has 6 heteroatoms. The predicted octanol–water partition coefficient (Wildman–Crippen LogP) is 2.47. The van der Waals surface area contributed by atoms with Gasteiger partial charge in [0.15, 0.2) is 0 Å². The lowest BCUT2D eigenvalue weighted by Gasteiger charge is -2.26. The first-order valence-electron chi connectivity index (χ1n) is 8.58. The van der Waals surface area contributed by atoms with Crippen LogP contribution in [-0.4, -0.2) is 59.4 Å². The molecule has 0 aliphatic carbocycles. The third-order valence-corrected chi connectivity index (χ3v) is 4.71. The highest BCUT2D eigenvalue weighted by Gasteiger charge is 2.28. The molecule has 1 aliphatic rings. The third-order valence-electron chi connectivity index (χ3n) is 4.71. The van der Waals surface area contributed by atoms with E-state index in [1.165, 1.54) is 0 Å². The number of ether oxygens (including phenoxy) is 1. The molecule has 0 spiro atoms. The molecule has 0 amide bonds. The minimum atomic E-state index is 0.577. The van der Waals surface area contributed by atoms with E-state index >= 15 is 0 Å². The number of rotatable bonds is 6. The SMILES string of the molecule is CCN(CC)C1CCN(c2nncc(-c3ccc(OC)cc3)n2)C1. The Morgan fingerprint density at radius 2 is 1.96 bits per heavy atom. The number of methoxy groups -OCH3 is 1. The van der Waals surface area contributed by atoms with E-state index in [1.807, 2.05) is 24.3 Å². The molecule has 0 N–H and O–H groups in total. The van der Waals surface area contributed by atoms with Crippen molar-refractivity contribution in [2.24, 2.45) is 0 Å². The van der Waals surface area contributed by atoms with Gasteiger partial charge in [-0.1, -0.05) is 13.8 Å². The molecule has 2 aromatic rings. The standard InChI is InChI=1S/C18H25N5O/c1-4-22(5-2)15-10-11-23(13-15)18-20-17(12-19-21-18)14-6-8-16(24-3)9-7-14/h6-9,12,15H,4-5,10-11,13H2,1-3H3. The normalized spacial score (nSPS) is 17.5. The lowest BCUT2D eigenvalue weighted by molar-refractivity contribution is 0.232. The van der Waals surface area contributed by atoms with Gasteiger partial charge in [0.2, 0.25) is 5.95 Å². The second kappa shape index (κ2) is 7.57. The van der Waals surface area contributed by atoms with Crippen molar-refractivity contribution in [2.75, 3.05) is 38.2 Å². The average molecular weight is 327 g/mol. The molecule has 1 aromatic carbocycles. The summed E-state index contributed by atoms with van der Waals surface area (Å²) in [5, 5.41) is 8.41. The van der Waals surface area contributed by atoms with E-state index in [4.69, 9.17) is 9.72 Å². The molecular weight excluding hydrogens is 302 g/mol. The van der Waals surface area contributed by atoms with Crippen LogP contribution in [0.4, 0.5) is 5.95 Å². The fourth-order valence-corrected chi connectivity index (χ4v) is 3.29. The Kier molecular flexibility index (Phi) is 5.25. The molecule has 0 bridgehead atoms. The molecule has 6 nitrogen and oxygen atoms in total. The van der Waals surface area contributed by atoms with Crippen LogP contribution in [0.5, 0.6) is 5.75 Å². The summed E-state index contributed by atoms with van der Waals surface area (Å²) >= 11 is 0. The van der Waals surface area contributed by atoms with Crippen molar-refractivity contribution in [3.63, 3.8) is 0 Å². The van der Waals surface area contributed by atoms with Gasteiger partial charge in [-0.25, -0.2) is 4.98 Å². The Balaban J connectivity index is 1.76. The van der Waals surface area contributed by atoms with Crippen molar-refractivity contribution in [1.82, 2.24) is 20.1 Å². The Labute approximate surface area is 143 Å². The van der Waals surface area contributed by atoms with E-state index in [0.717, 1.165) is 55.6 Å². The molecule has 0 saturated carbocycles. The maximum Gasteiger partial charge on any atom is 0.245 e. The quantitative estimate of drug-likeness (QED) is 0.812. The predicted molar refractivity (Wildman–Crippen MR) is 95.4 cm³/mol. The maximum atomic E-state index is 5.20. The summed E-state index contributed by atoms with van der Waals surface area (Å²) in [6, 6.07) is 8.44. The summed E-state index contributed by atoms with van der Waals surface area (Å²) in [4.78, 5) is 9.46. The highest BCUT2D eigenvalue weighted by Crippen LogP contribution is 2.23. The zero-order chi connectivity index (χ0) is 16.9. The van der Waals surface area contributed by atoms with Gasteiger partial charge in [-0.15, -0.1) is 5.10 Å². The summed E-state index contributed by atoms with van der Waals surface area (Å²) in [7, 11) is 1.67. The van der Waals surface area contributed by atoms with Crippen LogP contribution >= 0.6 is 0 Å². The van der Waals surface area contributed by atoms with Crippen LogP contribution in [0.15, 0.2) is 30.5 Å². The van der Waals surface area contributed by atoms with E-state index in [9.17, 15) is 0 Å². The maximum absolute atomic E-state index is 5.20. The number of benzene rings is 1. The Morgan fingerprint density at radius 3 is 2.62 bits per heavy atom. The summed E-state index contributed by atoms with van der Waals surface area (Å²) in [5.74, 6) is 1.56. The van der Waals surface area contributed by atoms with E-state index < -0.39 is 0 Å². The molecule has 3 rings (SSSR count). The third kappa shape index (κ3) is 3.48. The van der Waals surface area contributed by atoms with Crippen LogP contribution in [0.25, 0.3) is 11.3 Å². The first kappa shape index (κ1) is 16.6. The molecule has 1 unspecified atom stereocenters. The number of likely N-dealkylation sites (N-methyl/N-ethyl adjacent to an activating group) is 1. The van der Waals surface area contributed by atoms with Gasteiger partial charge < -0.3 is 9.64 Å². The summed E-state index contributed by atoms with van der Waals surface area (Å²) < 4.78 is 5.20. The topological polar surface area (TPSA) is 54.4 Å². The van der Waals surface area contributed by atoms with Crippen molar-refractivity contribution in [2.45, 2.75) is 26.3 Å². The van der Waals surface area contributed by atoms with Gasteiger partial charge in [-0.2, -0.15) is 5.10 Å². The zero-order valence-corrected chi connectivity index (χ0v) is 14.6. The van der Waals surface area contributed by atoms with E-state index in [2.05, 4.69) is 33.8 Å². The number of anilines is 1. The van der Waals surface area contributed by atoms with Crippen molar-refractivity contribution in [3.8, 4) is 17.0 Å². The monoisotopic (exact) mass is 327 g/mol. The van der Waals surface area contributed by atoms with Gasteiger partial charge >= 0.3 is 0 Å². The fraction of sp³-hybridized carbons (Fsp3) is 0.500. The van der Waals surface area contributed by atoms with Crippen LogP contribution in [0.3, 0.4) is 0 Å². The van der Waals surface area contributed by atoms with E-state index in [0.29, 0.717) is 6.04 Å². The molecule has 1 aromatic heterocycles. The smallest absolute Gasteiger partial charge is 0.245 e. The lowest BCUT2D eigenvalue weighted by Crippen LogP contribution is -2.37. The molecule has 128 valence electrons. The van der Waals surface area contributed by atoms with Gasteiger partial charge in [-0.05, 0) is 43.8 Å². The van der Waals surface area contributed by atoms with Gasteiger partial charge in [0.05, 0.1) is 19.0 Å². The minimum Gasteiger partial charge on any atom is -0.497 e. The van der Waals surface area contributed by atoms with Crippen molar-refractivity contribution in [1.29, 1.82) is 0 Å². The molecular formula is C18H25N5O. The number of hydrogen-bond donors (Lipinski definition) is 0. The van der Waals surface area contributed by atoms with E-state index in [1.54, 1.807) is 13.3 Å². The molecule has 1 aliphatic heterocycles. The summed E-state index contributed by atoms with van der Waals surface area (Å²) in [6.45, 7) is 8.55. The molecule has 24 heavy (non-hydrogen) atoms. The largest absolute Gasteiger partial charge is 0.497 e. The van der Waals surface area contributed by atoms with Crippen LogP contribution in [0.1, 0.15) is 20.3 Å². The molecule has 1 atom stereocenters. The van der Waals surface area contributed by atoms with Crippen molar-refractivity contribution >= 4 is 5.95 Å². The zero-order valence-electron chi connectivity index (χ0n) is 14.6. The van der Waals surface area contributed by atoms with E-state index in [-0.39, 0.29) is 0 Å². The van der Waals surface area contributed by atoms with Crippen molar-refractivity contribution in [3.05, 3.63) is 30.5 Å². The van der Waals surface area contributed by atoms with Gasteiger partial charge in [0, 0.05) is 24.7 Å². The molecule has 1 saturated heterocycles. The average Bonchev–Trinajstić information content (AvgIpc) is 3.13. The highest BCUT2D eigenvalue weighted by atomic mass is 16.5. The van der Waals surface area contributed by atoms with Crippen molar-refractivity contribution < 1.29 is 4.74 Å². The Bertz CT molecular complexity index is 657. The Morgan fingerprint density at radius 1 is 1.21 bits per heavy atom. The first-order chi connectivity index (χ1) is 11.7. The highest BCUT2D eigenvalue weighted by molar-refractivity contribution is 5.60. The second-order valence-corrected chi connectivity index (χ2v) is 5.98. The number of aromatic nitrogens is 3. The van der Waals surface area contributed by atoms with Gasteiger partial charge in [0.1, 0.15) is 5.75 Å². The molecule has 1 fully saturated rings. The molecule has 0 radical (unpaired) electrons. The minimum absolute atomic E-state index is 0.577. The summed E-state index contributed by atoms with van der Waals surface area (Å²) in [6.07, 6.45) is 2.86. The van der Waals surface area contributed by atoms with Crippen LogP contribution < -0.4 is 9.64 Å². The number of nitrogens with zero attached hydrogens (tertiary/aromatic N) is 5. The Hall–Kier alpha value is -2.21. The van der Waals surface area contributed by atoms with Crippen LogP contribution in [-0.2, 0) is 0 Å². The van der Waals surface area contributed by atoms with Crippen LogP contribution in [0.2, 0.25) is 0 Å². The summed E-state index contributed by atoms with van der Waals surface area (Å²) in [5.41, 5.74) is 1.86. The molecule has 2 heterocycles. The van der Waals surface area contributed by atoms with Crippen LogP contribution in [0, 0.1) is 0 Å². The lowest BCUT2D eigenvalue weighted by atomic mass is 10.1. The van der Waals surface area contributed by atoms with Gasteiger partial charge in [0.25, 0.3) is 0 Å². The van der Waals surface area contributed by atoms with Gasteiger partial charge in [-0.3, -0.25) is 4.90 Å². The first-order valence-corrected chi connectivity index (χ1v) is 8.58.